The van der Waals surface area contributed by atoms with Gasteiger partial charge in [-0.25, -0.2) is 0 Å². The topological polar surface area (TPSA) is 21.3 Å². The molecule has 0 aromatic carbocycles. The maximum absolute atomic E-state index is 5.57. The summed E-state index contributed by atoms with van der Waals surface area (Å²) < 4.78 is 5.57. The molecule has 0 saturated heterocycles. The van der Waals surface area contributed by atoms with Crippen LogP contribution < -0.4 is 5.32 Å². The molecule has 0 bridgehead atoms. The van der Waals surface area contributed by atoms with E-state index in [0.717, 1.165) is 19.1 Å². The minimum atomic E-state index is 0.374. The molecule has 2 heteroatoms. The monoisotopic (exact) mass is 157 g/mol. The van der Waals surface area contributed by atoms with Crippen LogP contribution in [0.3, 0.4) is 0 Å². The third kappa shape index (κ3) is 4.38. The van der Waals surface area contributed by atoms with Gasteiger partial charge in [0.2, 0.25) is 0 Å². The Morgan fingerprint density at radius 1 is 1.55 bits per heavy atom. The fourth-order valence-electron chi connectivity index (χ4n) is 1.19. The van der Waals surface area contributed by atoms with E-state index in [1.165, 1.54) is 19.3 Å². The molecule has 0 aromatic rings. The van der Waals surface area contributed by atoms with Gasteiger partial charge in [-0.2, -0.15) is 0 Å². The number of rotatable bonds is 6. The van der Waals surface area contributed by atoms with Crippen LogP contribution in [0, 0.1) is 5.92 Å². The van der Waals surface area contributed by atoms with Gasteiger partial charge in [0, 0.05) is 13.2 Å². The van der Waals surface area contributed by atoms with E-state index in [2.05, 4.69) is 12.2 Å². The molecular weight excluding hydrogens is 138 g/mol. The molecule has 1 aliphatic rings. The summed E-state index contributed by atoms with van der Waals surface area (Å²) in [6.07, 6.45) is 4.51. The highest BCUT2D eigenvalue weighted by molar-refractivity contribution is 4.72. The maximum atomic E-state index is 5.57. The summed E-state index contributed by atoms with van der Waals surface area (Å²) in [7, 11) is 1.96. The van der Waals surface area contributed by atoms with Gasteiger partial charge in [0.05, 0.1) is 6.10 Å². The van der Waals surface area contributed by atoms with Gasteiger partial charge in [0.25, 0.3) is 0 Å². The normalized spacial score (nSPS) is 20.2. The van der Waals surface area contributed by atoms with Gasteiger partial charge in [0.15, 0.2) is 0 Å². The van der Waals surface area contributed by atoms with Crippen LogP contribution in [0.5, 0.6) is 0 Å². The van der Waals surface area contributed by atoms with E-state index in [4.69, 9.17) is 4.74 Å². The summed E-state index contributed by atoms with van der Waals surface area (Å²) in [5.74, 6) is 0.997. The molecule has 2 nitrogen and oxygen atoms in total. The molecule has 1 saturated carbocycles. The molecule has 0 aromatic heterocycles. The van der Waals surface area contributed by atoms with Crippen LogP contribution in [-0.2, 0) is 4.74 Å². The van der Waals surface area contributed by atoms with Crippen molar-refractivity contribution in [2.24, 2.45) is 5.92 Å². The number of ether oxygens (including phenoxy) is 1. The van der Waals surface area contributed by atoms with Crippen molar-refractivity contribution in [1.82, 2.24) is 5.32 Å². The van der Waals surface area contributed by atoms with Crippen molar-refractivity contribution in [1.29, 1.82) is 0 Å². The van der Waals surface area contributed by atoms with Crippen molar-refractivity contribution in [3.05, 3.63) is 0 Å². The first-order valence-electron chi connectivity index (χ1n) is 4.59. The highest BCUT2D eigenvalue weighted by atomic mass is 16.5. The Morgan fingerprint density at radius 2 is 2.27 bits per heavy atom. The lowest BCUT2D eigenvalue weighted by Crippen LogP contribution is -2.24. The number of nitrogens with one attached hydrogen (secondary N) is 1. The van der Waals surface area contributed by atoms with Crippen molar-refractivity contribution in [2.75, 3.05) is 20.2 Å². The molecule has 1 unspecified atom stereocenters. The second-order valence-corrected chi connectivity index (χ2v) is 3.47. The quantitative estimate of drug-likeness (QED) is 0.629. The Balaban J connectivity index is 1.84. The van der Waals surface area contributed by atoms with E-state index < -0.39 is 0 Å². The minimum absolute atomic E-state index is 0.374. The zero-order valence-corrected chi connectivity index (χ0v) is 7.60. The lowest BCUT2D eigenvalue weighted by atomic mass is 10.3. The second-order valence-electron chi connectivity index (χ2n) is 3.47. The van der Waals surface area contributed by atoms with Gasteiger partial charge in [0.1, 0.15) is 0 Å². The molecule has 0 spiro atoms. The predicted octanol–water partition coefficient (Wildman–Crippen LogP) is 1.41. The van der Waals surface area contributed by atoms with E-state index in [-0.39, 0.29) is 0 Å². The Kier molecular flexibility index (Phi) is 3.87. The first-order valence-corrected chi connectivity index (χ1v) is 4.59. The fraction of sp³-hybridized carbons (Fsp3) is 1.00. The van der Waals surface area contributed by atoms with Crippen molar-refractivity contribution >= 4 is 0 Å². The third-order valence-corrected chi connectivity index (χ3v) is 2.12. The molecule has 0 amide bonds. The molecule has 1 fully saturated rings. The smallest absolute Gasteiger partial charge is 0.0671 e. The lowest BCUT2D eigenvalue weighted by molar-refractivity contribution is 0.0631. The zero-order chi connectivity index (χ0) is 8.10. The summed E-state index contributed by atoms with van der Waals surface area (Å²) in [6.45, 7) is 4.03. The highest BCUT2D eigenvalue weighted by Crippen LogP contribution is 2.32. The molecule has 1 rings (SSSR count). The third-order valence-electron chi connectivity index (χ3n) is 2.12. The molecule has 0 heterocycles. The Labute approximate surface area is 69.3 Å². The van der Waals surface area contributed by atoms with Gasteiger partial charge >= 0.3 is 0 Å². The van der Waals surface area contributed by atoms with Gasteiger partial charge in [-0.15, -0.1) is 0 Å². The van der Waals surface area contributed by atoms with E-state index in [9.17, 15) is 0 Å². The molecule has 66 valence electrons. The van der Waals surface area contributed by atoms with Crippen molar-refractivity contribution in [2.45, 2.75) is 32.3 Å². The summed E-state index contributed by atoms with van der Waals surface area (Å²) in [4.78, 5) is 0. The highest BCUT2D eigenvalue weighted by Gasteiger charge is 2.20. The van der Waals surface area contributed by atoms with Crippen LogP contribution in [0.2, 0.25) is 0 Å². The van der Waals surface area contributed by atoms with Crippen LogP contribution in [0.1, 0.15) is 26.2 Å². The minimum Gasteiger partial charge on any atom is -0.377 e. The predicted molar refractivity (Wildman–Crippen MR) is 46.7 cm³/mol. The van der Waals surface area contributed by atoms with Crippen LogP contribution in [0.4, 0.5) is 0 Å². The van der Waals surface area contributed by atoms with Gasteiger partial charge in [-0.3, -0.25) is 0 Å². The average molecular weight is 157 g/mol. The van der Waals surface area contributed by atoms with Gasteiger partial charge in [-0.05, 0) is 26.3 Å². The summed E-state index contributed by atoms with van der Waals surface area (Å²) in [5.41, 5.74) is 0. The van der Waals surface area contributed by atoms with Crippen LogP contribution >= 0.6 is 0 Å². The summed E-state index contributed by atoms with van der Waals surface area (Å²) in [5, 5.41) is 3.10. The van der Waals surface area contributed by atoms with Crippen LogP contribution in [-0.4, -0.2) is 26.3 Å². The van der Waals surface area contributed by atoms with Gasteiger partial charge < -0.3 is 10.1 Å². The Hall–Kier alpha value is -0.0800. The fourth-order valence-corrected chi connectivity index (χ4v) is 1.19. The van der Waals surface area contributed by atoms with E-state index in [1.54, 1.807) is 0 Å². The van der Waals surface area contributed by atoms with Crippen molar-refractivity contribution < 1.29 is 4.74 Å². The molecule has 11 heavy (non-hydrogen) atoms. The molecule has 1 N–H and O–H groups in total. The van der Waals surface area contributed by atoms with Crippen molar-refractivity contribution in [3.63, 3.8) is 0 Å². The molecule has 1 aliphatic carbocycles. The number of hydrogen-bond acceptors (Lipinski definition) is 2. The number of likely N-dealkylation sites (N-methyl/N-ethyl adjacent to an activating group) is 1. The van der Waals surface area contributed by atoms with Gasteiger partial charge in [-0.1, -0.05) is 12.8 Å². The standard InChI is InChI=1S/C9H19NO/c1-8(7-10-2)11-6-5-9-3-4-9/h8-10H,3-7H2,1-2H3. The lowest BCUT2D eigenvalue weighted by Gasteiger charge is -2.11. The molecule has 0 aliphatic heterocycles. The summed E-state index contributed by atoms with van der Waals surface area (Å²) in [6, 6.07) is 0. The summed E-state index contributed by atoms with van der Waals surface area (Å²) >= 11 is 0. The first-order chi connectivity index (χ1) is 5.33. The Morgan fingerprint density at radius 3 is 2.82 bits per heavy atom. The Bertz CT molecular complexity index is 102. The van der Waals surface area contributed by atoms with E-state index >= 15 is 0 Å². The van der Waals surface area contributed by atoms with E-state index in [1.807, 2.05) is 7.05 Å². The SMILES string of the molecule is CNCC(C)OCCC1CC1. The largest absolute Gasteiger partial charge is 0.377 e. The average Bonchev–Trinajstić information content (AvgIpc) is 2.72. The van der Waals surface area contributed by atoms with Crippen LogP contribution in [0.15, 0.2) is 0 Å². The van der Waals surface area contributed by atoms with Crippen LogP contribution in [0.25, 0.3) is 0 Å². The molecular formula is C9H19NO. The second kappa shape index (κ2) is 4.73. The number of hydrogen-bond donors (Lipinski definition) is 1. The molecule has 0 radical (unpaired) electrons. The maximum Gasteiger partial charge on any atom is 0.0671 e. The van der Waals surface area contributed by atoms with Crippen molar-refractivity contribution in [3.8, 4) is 0 Å². The van der Waals surface area contributed by atoms with E-state index in [0.29, 0.717) is 6.10 Å². The molecule has 1 atom stereocenters. The zero-order valence-electron chi connectivity index (χ0n) is 7.60. The first kappa shape index (κ1) is 9.01.